The zero-order valence-electron chi connectivity index (χ0n) is 24.1. The molecule has 13 heteroatoms. The molecule has 1 atom stereocenters. The van der Waals surface area contributed by atoms with Gasteiger partial charge in [0.05, 0.1) is 10.7 Å². The van der Waals surface area contributed by atoms with Gasteiger partial charge in [-0.1, -0.05) is 36.7 Å². The van der Waals surface area contributed by atoms with Crippen LogP contribution in [0.2, 0.25) is 5.02 Å². The zero-order valence-corrected chi connectivity index (χ0v) is 24.8. The highest BCUT2D eigenvalue weighted by molar-refractivity contribution is 6.33. The van der Waals surface area contributed by atoms with E-state index in [1.54, 1.807) is 28.0 Å². The minimum atomic E-state index is -4.82. The Labute approximate surface area is 253 Å². The number of alkyl halides is 3. The maximum atomic E-state index is 13.8. The maximum absolute atomic E-state index is 13.8. The van der Waals surface area contributed by atoms with Crippen molar-refractivity contribution in [1.29, 1.82) is 0 Å². The Kier molecular flexibility index (Phi) is 9.14. The number of halogens is 4. The summed E-state index contributed by atoms with van der Waals surface area (Å²) >= 11 is 6.26. The number of para-hydroxylation sites is 1. The summed E-state index contributed by atoms with van der Waals surface area (Å²) in [6.45, 7) is 7.15. The fraction of sp³-hybridized carbons (Fsp3) is 0.467. The number of aromatic nitrogens is 2. The number of hydrogen-bond donors (Lipinski definition) is 1. The number of benzene rings is 1. The third-order valence-electron chi connectivity index (χ3n) is 7.80. The van der Waals surface area contributed by atoms with Gasteiger partial charge >= 0.3 is 12.2 Å². The van der Waals surface area contributed by atoms with Crippen LogP contribution in [0.15, 0.2) is 40.9 Å². The number of ketones is 1. The number of hydrogen-bond acceptors (Lipinski definition) is 7. The topological polar surface area (TPSA) is 94.8 Å². The summed E-state index contributed by atoms with van der Waals surface area (Å²) in [5, 5.41) is 3.38. The van der Waals surface area contributed by atoms with E-state index >= 15 is 0 Å². The second kappa shape index (κ2) is 12.8. The third kappa shape index (κ3) is 7.23. The molecule has 9 nitrogen and oxygen atoms in total. The predicted molar refractivity (Wildman–Crippen MR) is 158 cm³/mol. The summed E-state index contributed by atoms with van der Waals surface area (Å²) in [5.41, 5.74) is 0.623. The normalized spacial score (nSPS) is 18.0. The Morgan fingerprint density at radius 2 is 1.86 bits per heavy atom. The Morgan fingerprint density at radius 3 is 2.56 bits per heavy atom. The molecule has 1 aromatic carbocycles. The van der Waals surface area contributed by atoms with Crippen molar-refractivity contribution in [3.8, 4) is 0 Å². The number of urea groups is 1. The van der Waals surface area contributed by atoms with Crippen molar-refractivity contribution in [2.24, 2.45) is 5.92 Å². The number of oxazole rings is 1. The van der Waals surface area contributed by atoms with Crippen molar-refractivity contribution in [2.75, 3.05) is 54.4 Å². The lowest BCUT2D eigenvalue weighted by molar-refractivity contribution is -0.141. The fourth-order valence-corrected chi connectivity index (χ4v) is 5.76. The van der Waals surface area contributed by atoms with Crippen LogP contribution in [-0.2, 0) is 12.6 Å². The predicted octanol–water partition coefficient (Wildman–Crippen LogP) is 6.46. The summed E-state index contributed by atoms with van der Waals surface area (Å²) in [4.78, 5) is 39.5. The van der Waals surface area contributed by atoms with Crippen LogP contribution >= 0.6 is 11.6 Å². The van der Waals surface area contributed by atoms with Gasteiger partial charge in [0, 0.05) is 51.9 Å². The quantitative estimate of drug-likeness (QED) is 0.317. The molecule has 2 amide bonds. The monoisotopic (exact) mass is 618 g/mol. The van der Waals surface area contributed by atoms with Crippen molar-refractivity contribution in [3.63, 3.8) is 0 Å². The molecule has 230 valence electrons. The first-order valence-electron chi connectivity index (χ1n) is 14.4. The van der Waals surface area contributed by atoms with E-state index in [1.165, 1.54) is 6.20 Å². The molecule has 43 heavy (non-hydrogen) atoms. The van der Waals surface area contributed by atoms with Gasteiger partial charge in [-0.2, -0.15) is 18.2 Å². The molecule has 2 aromatic heterocycles. The average molecular weight is 619 g/mol. The van der Waals surface area contributed by atoms with Crippen LogP contribution in [0.4, 0.5) is 35.5 Å². The molecule has 1 unspecified atom stereocenters. The molecule has 3 aromatic rings. The number of carbonyl (C=O) groups is 2. The van der Waals surface area contributed by atoms with Crippen LogP contribution in [0.1, 0.15) is 53.6 Å². The van der Waals surface area contributed by atoms with E-state index < -0.39 is 23.4 Å². The van der Waals surface area contributed by atoms with E-state index in [1.807, 2.05) is 30.9 Å². The average Bonchev–Trinajstić information content (AvgIpc) is 3.29. The number of aryl methyl sites for hydroxylation is 1. The minimum absolute atomic E-state index is 0.165. The smallest absolute Gasteiger partial charge is 0.420 e. The zero-order chi connectivity index (χ0) is 30.7. The number of pyridine rings is 1. The van der Waals surface area contributed by atoms with Crippen LogP contribution in [0.3, 0.4) is 0 Å². The van der Waals surface area contributed by atoms with Gasteiger partial charge in [0.1, 0.15) is 5.82 Å². The summed E-state index contributed by atoms with van der Waals surface area (Å²) in [6.07, 6.45) is -1.14. The first kappa shape index (κ1) is 30.7. The van der Waals surface area contributed by atoms with E-state index in [9.17, 15) is 22.8 Å². The van der Waals surface area contributed by atoms with Gasteiger partial charge in [0.25, 0.3) is 6.01 Å². The molecule has 2 saturated heterocycles. The van der Waals surface area contributed by atoms with E-state index in [-0.39, 0.29) is 18.5 Å². The number of anilines is 3. The van der Waals surface area contributed by atoms with Crippen molar-refractivity contribution in [1.82, 2.24) is 14.9 Å². The number of piperidine rings is 1. The van der Waals surface area contributed by atoms with E-state index in [0.29, 0.717) is 73.7 Å². The molecule has 0 spiro atoms. The highest BCUT2D eigenvalue weighted by atomic mass is 35.5. The van der Waals surface area contributed by atoms with Gasteiger partial charge in [-0.3, -0.25) is 4.79 Å². The molecule has 2 aliphatic heterocycles. The minimum Gasteiger partial charge on any atom is -0.420 e. The summed E-state index contributed by atoms with van der Waals surface area (Å²) in [5.74, 6) is -0.642. The second-order valence-corrected chi connectivity index (χ2v) is 11.6. The molecule has 0 radical (unpaired) electrons. The van der Waals surface area contributed by atoms with Crippen LogP contribution in [-0.4, -0.2) is 66.0 Å². The number of nitrogens with one attached hydrogen (secondary N) is 1. The Hall–Kier alpha value is -3.80. The maximum Gasteiger partial charge on any atom is 0.437 e. The molecule has 5 rings (SSSR count). The number of carbonyl (C=O) groups excluding carboxylic acids is 2. The first-order valence-corrected chi connectivity index (χ1v) is 14.7. The van der Waals surface area contributed by atoms with Gasteiger partial charge in [-0.15, -0.1) is 0 Å². The SMILES string of the molecule is Cc1cccc(Cl)c1NC(=O)N1CCCN(c2ccc(CC(=O)c3oc(N4CCCC(C)C4)nc3C(F)(F)F)cn2)CC1. The van der Waals surface area contributed by atoms with Crippen molar-refractivity contribution >= 4 is 40.9 Å². The summed E-state index contributed by atoms with van der Waals surface area (Å²) in [6, 6.07) is 8.44. The summed E-state index contributed by atoms with van der Waals surface area (Å²) in [7, 11) is 0. The number of amides is 2. The van der Waals surface area contributed by atoms with Crippen LogP contribution < -0.4 is 15.1 Å². The van der Waals surface area contributed by atoms with Crippen molar-refractivity contribution in [3.05, 3.63) is 64.1 Å². The Bertz CT molecular complexity index is 1440. The largest absolute Gasteiger partial charge is 0.437 e. The lowest BCUT2D eigenvalue weighted by Crippen LogP contribution is -2.38. The van der Waals surface area contributed by atoms with E-state index in [4.69, 9.17) is 16.0 Å². The van der Waals surface area contributed by atoms with Crippen LogP contribution in [0.5, 0.6) is 0 Å². The van der Waals surface area contributed by atoms with Gasteiger partial charge in [-0.25, -0.2) is 9.78 Å². The van der Waals surface area contributed by atoms with E-state index in [0.717, 1.165) is 18.4 Å². The lowest BCUT2D eigenvalue weighted by Gasteiger charge is -2.29. The molecule has 2 fully saturated rings. The van der Waals surface area contributed by atoms with Gasteiger partial charge in [-0.05, 0) is 55.4 Å². The molecule has 0 aliphatic carbocycles. The number of rotatable bonds is 6. The first-order chi connectivity index (χ1) is 20.5. The Morgan fingerprint density at radius 1 is 1.07 bits per heavy atom. The van der Waals surface area contributed by atoms with Crippen LogP contribution in [0.25, 0.3) is 0 Å². The summed E-state index contributed by atoms with van der Waals surface area (Å²) < 4.78 is 46.8. The second-order valence-electron chi connectivity index (χ2n) is 11.2. The van der Waals surface area contributed by atoms with Gasteiger partial charge in [0.15, 0.2) is 5.69 Å². The third-order valence-corrected chi connectivity index (χ3v) is 8.11. The Balaban J connectivity index is 1.22. The molecule has 2 aliphatic rings. The molecule has 4 heterocycles. The standard InChI is InChI=1S/C30H34ClF3N6O3/c1-19-6-4-11-40(18-19)29-37-27(30(32,33)34)26(43-29)23(41)16-21-9-10-24(35-17-21)38-12-5-13-39(15-14-38)28(42)36-25-20(2)7-3-8-22(25)31/h3,7-10,17,19H,4-6,11-16,18H2,1-2H3,(H,36,42). The number of Topliss-reactive ketones (excluding diaryl/α,β-unsaturated/α-hetero) is 1. The molecular weight excluding hydrogens is 585 g/mol. The molecule has 1 N–H and O–H groups in total. The number of nitrogens with zero attached hydrogens (tertiary/aromatic N) is 5. The fourth-order valence-electron chi connectivity index (χ4n) is 5.49. The molecular formula is C30H34ClF3N6O3. The lowest BCUT2D eigenvalue weighted by atomic mass is 10.0. The molecule has 0 saturated carbocycles. The van der Waals surface area contributed by atoms with Crippen molar-refractivity contribution in [2.45, 2.75) is 45.7 Å². The van der Waals surface area contributed by atoms with Crippen LogP contribution in [0, 0.1) is 12.8 Å². The van der Waals surface area contributed by atoms with Gasteiger partial charge in [0.2, 0.25) is 11.5 Å². The highest BCUT2D eigenvalue weighted by Crippen LogP contribution is 2.35. The highest BCUT2D eigenvalue weighted by Gasteiger charge is 2.42. The molecule has 0 bridgehead atoms. The van der Waals surface area contributed by atoms with Gasteiger partial charge < -0.3 is 24.4 Å². The van der Waals surface area contributed by atoms with Crippen molar-refractivity contribution < 1.29 is 27.2 Å². The van der Waals surface area contributed by atoms with E-state index in [2.05, 4.69) is 15.3 Å².